The maximum Gasteiger partial charge on any atom is 0.291 e. The number of anilines is 1. The van der Waals surface area contributed by atoms with E-state index in [9.17, 15) is 14.4 Å². The van der Waals surface area contributed by atoms with Crippen molar-refractivity contribution in [1.82, 2.24) is 29.5 Å². The number of H-pyrrole nitrogens is 1. The minimum Gasteiger partial charge on any atom is -0.339 e. The third-order valence-electron chi connectivity index (χ3n) is 7.51. The topological polar surface area (TPSA) is 116 Å². The first-order chi connectivity index (χ1) is 20.6. The van der Waals surface area contributed by atoms with Gasteiger partial charge >= 0.3 is 0 Å². The second-order valence-electron chi connectivity index (χ2n) is 10.3. The highest BCUT2D eigenvalue weighted by Gasteiger charge is 2.26. The molecule has 0 atom stereocenters. The van der Waals surface area contributed by atoms with E-state index in [0.29, 0.717) is 49.5 Å². The summed E-state index contributed by atoms with van der Waals surface area (Å²) < 4.78 is 31.5. The summed E-state index contributed by atoms with van der Waals surface area (Å²) >= 11 is 6.43. The number of aromatic amines is 1. The van der Waals surface area contributed by atoms with Gasteiger partial charge in [-0.05, 0) is 37.6 Å². The van der Waals surface area contributed by atoms with Gasteiger partial charge < -0.3 is 19.7 Å². The van der Waals surface area contributed by atoms with Crippen LogP contribution in [0.3, 0.4) is 0 Å². The molecule has 4 aromatic rings. The maximum atomic E-state index is 15.2. The zero-order valence-corrected chi connectivity index (χ0v) is 24.6. The van der Waals surface area contributed by atoms with Crippen LogP contribution in [0.2, 0.25) is 5.02 Å². The Labute approximate surface area is 251 Å². The van der Waals surface area contributed by atoms with Crippen LogP contribution in [0.15, 0.2) is 42.7 Å². The Balaban J connectivity index is 1.28. The van der Waals surface area contributed by atoms with E-state index in [1.165, 1.54) is 48.3 Å². The number of nitrogens with zero attached hydrogens (tertiary/aromatic N) is 5. The molecular weight excluding hydrogens is 580 g/mol. The lowest BCUT2D eigenvalue weighted by Gasteiger charge is -2.35. The summed E-state index contributed by atoms with van der Waals surface area (Å²) in [6.45, 7) is 5.40. The van der Waals surface area contributed by atoms with Crippen molar-refractivity contribution in [3.63, 3.8) is 0 Å². The van der Waals surface area contributed by atoms with Crippen molar-refractivity contribution in [3.8, 4) is 22.4 Å². The molecule has 1 aliphatic rings. The van der Waals surface area contributed by atoms with Crippen molar-refractivity contribution in [3.05, 3.63) is 76.5 Å². The number of carbonyl (C=O) groups is 3. The molecule has 0 aliphatic carbocycles. The van der Waals surface area contributed by atoms with Crippen LogP contribution >= 0.6 is 11.6 Å². The van der Waals surface area contributed by atoms with Crippen molar-refractivity contribution < 1.29 is 23.2 Å². The van der Waals surface area contributed by atoms with Crippen molar-refractivity contribution in [1.29, 1.82) is 0 Å². The molecule has 13 heteroatoms. The largest absolute Gasteiger partial charge is 0.339 e. The number of carbonyl (C=O) groups excluding carboxylic acids is 3. The fourth-order valence-corrected chi connectivity index (χ4v) is 5.36. The number of piperazine rings is 1. The molecular formula is C30H30ClF2N7O3. The van der Waals surface area contributed by atoms with Crippen LogP contribution in [0.25, 0.3) is 22.4 Å². The highest BCUT2D eigenvalue weighted by molar-refractivity contribution is 6.34. The Hall–Kier alpha value is -4.58. The molecule has 3 amide bonds. The van der Waals surface area contributed by atoms with Gasteiger partial charge in [-0.25, -0.2) is 13.8 Å². The lowest BCUT2D eigenvalue weighted by atomic mass is 10.0. The summed E-state index contributed by atoms with van der Waals surface area (Å²) in [5.74, 6) is -2.94. The van der Waals surface area contributed by atoms with Gasteiger partial charge in [0.2, 0.25) is 5.91 Å². The SMILES string of the molecule is CCCC(=O)N1CCN(C(=O)c2ccc(NC(=O)c3ncc(-c4ccc(-c5cn[nH]c5C)c(F)c4F)n3C)cc2Cl)CC1. The van der Waals surface area contributed by atoms with E-state index in [1.807, 2.05) is 6.92 Å². The Kier molecular flexibility index (Phi) is 8.58. The van der Waals surface area contributed by atoms with Crippen LogP contribution in [0, 0.1) is 18.6 Å². The van der Waals surface area contributed by atoms with Crippen molar-refractivity contribution in [2.24, 2.45) is 7.05 Å². The molecule has 43 heavy (non-hydrogen) atoms. The number of amides is 3. The molecule has 0 spiro atoms. The van der Waals surface area contributed by atoms with Gasteiger partial charge in [0, 0.05) is 67.7 Å². The fourth-order valence-electron chi connectivity index (χ4n) is 5.10. The van der Waals surface area contributed by atoms with E-state index in [-0.39, 0.29) is 45.0 Å². The average molecular weight is 610 g/mol. The normalized spacial score (nSPS) is 13.3. The number of hydrogen-bond acceptors (Lipinski definition) is 5. The van der Waals surface area contributed by atoms with Crippen LogP contribution in [0.4, 0.5) is 14.5 Å². The Morgan fingerprint density at radius 3 is 2.30 bits per heavy atom. The first kappa shape index (κ1) is 29.9. The second-order valence-corrected chi connectivity index (χ2v) is 10.7. The predicted molar refractivity (Wildman–Crippen MR) is 158 cm³/mol. The summed E-state index contributed by atoms with van der Waals surface area (Å²) in [5, 5.41) is 9.40. The minimum atomic E-state index is -1.07. The summed E-state index contributed by atoms with van der Waals surface area (Å²) in [6.07, 6.45) is 3.98. The number of imidazole rings is 1. The quantitative estimate of drug-likeness (QED) is 0.304. The van der Waals surface area contributed by atoms with E-state index in [0.717, 1.165) is 6.42 Å². The van der Waals surface area contributed by atoms with Gasteiger partial charge in [0.05, 0.1) is 28.7 Å². The Morgan fingerprint density at radius 2 is 1.65 bits per heavy atom. The van der Waals surface area contributed by atoms with Gasteiger partial charge in [0.25, 0.3) is 11.8 Å². The number of benzene rings is 2. The number of rotatable bonds is 7. The third-order valence-corrected chi connectivity index (χ3v) is 7.82. The van der Waals surface area contributed by atoms with Gasteiger partial charge in [0.15, 0.2) is 17.5 Å². The summed E-state index contributed by atoms with van der Waals surface area (Å²) in [7, 11) is 1.52. The van der Waals surface area contributed by atoms with Gasteiger partial charge in [-0.15, -0.1) is 0 Å². The van der Waals surface area contributed by atoms with Crippen LogP contribution in [0.1, 0.15) is 46.4 Å². The van der Waals surface area contributed by atoms with E-state index in [1.54, 1.807) is 22.8 Å². The highest BCUT2D eigenvalue weighted by atomic mass is 35.5. The molecule has 10 nitrogen and oxygen atoms in total. The van der Waals surface area contributed by atoms with Crippen molar-refractivity contribution in [2.75, 3.05) is 31.5 Å². The van der Waals surface area contributed by atoms with Crippen molar-refractivity contribution in [2.45, 2.75) is 26.7 Å². The van der Waals surface area contributed by atoms with E-state index in [4.69, 9.17) is 11.6 Å². The smallest absolute Gasteiger partial charge is 0.291 e. The minimum absolute atomic E-state index is 0.0451. The molecule has 2 aromatic carbocycles. The molecule has 2 N–H and O–H groups in total. The number of nitrogens with one attached hydrogen (secondary N) is 2. The molecule has 224 valence electrons. The molecule has 2 aromatic heterocycles. The van der Waals surface area contributed by atoms with Gasteiger partial charge in [0.1, 0.15) is 0 Å². The molecule has 5 rings (SSSR count). The highest BCUT2D eigenvalue weighted by Crippen LogP contribution is 2.32. The lowest BCUT2D eigenvalue weighted by molar-refractivity contribution is -0.132. The van der Waals surface area contributed by atoms with Crippen LogP contribution < -0.4 is 5.32 Å². The molecule has 0 bridgehead atoms. The number of halogens is 3. The molecule has 0 unspecified atom stereocenters. The summed E-state index contributed by atoms with van der Waals surface area (Å²) in [5.41, 5.74) is 1.85. The molecule has 1 aliphatic heterocycles. The molecule has 1 saturated heterocycles. The number of aryl methyl sites for hydroxylation is 1. The van der Waals surface area contributed by atoms with Crippen LogP contribution in [0.5, 0.6) is 0 Å². The zero-order chi connectivity index (χ0) is 30.8. The van der Waals surface area contributed by atoms with Gasteiger partial charge in [-0.3, -0.25) is 19.5 Å². The molecule has 3 heterocycles. The van der Waals surface area contributed by atoms with Gasteiger partial charge in [-0.2, -0.15) is 5.10 Å². The van der Waals surface area contributed by atoms with Crippen LogP contribution in [-0.4, -0.2) is 73.4 Å². The Morgan fingerprint density at radius 1 is 0.977 bits per heavy atom. The van der Waals surface area contributed by atoms with E-state index in [2.05, 4.69) is 20.5 Å². The second kappa shape index (κ2) is 12.3. The summed E-state index contributed by atoms with van der Waals surface area (Å²) in [4.78, 5) is 45.8. The molecule has 0 radical (unpaired) electrons. The standard InChI is InChI=1S/C30H30ClF2N7O3/c1-4-5-25(41)39-10-12-40(13-11-39)30(43)20-7-6-18(14-23(20)31)36-29(42)28-34-16-24(38(28)3)21-9-8-19(26(32)27(21)33)22-15-35-37-17(22)2/h6-9,14-16H,4-5,10-13H2,1-3H3,(H,35,37)(H,36,42). The number of hydrogen-bond donors (Lipinski definition) is 2. The fraction of sp³-hybridized carbons (Fsp3) is 0.300. The first-order valence-corrected chi connectivity index (χ1v) is 14.2. The molecule has 1 fully saturated rings. The number of aromatic nitrogens is 4. The van der Waals surface area contributed by atoms with E-state index >= 15 is 8.78 Å². The van der Waals surface area contributed by atoms with E-state index < -0.39 is 17.5 Å². The average Bonchev–Trinajstić information content (AvgIpc) is 3.59. The van der Waals surface area contributed by atoms with Gasteiger partial charge in [-0.1, -0.05) is 24.6 Å². The zero-order valence-electron chi connectivity index (χ0n) is 23.9. The maximum absolute atomic E-state index is 15.2. The van der Waals surface area contributed by atoms with Crippen molar-refractivity contribution >= 4 is 35.0 Å². The first-order valence-electron chi connectivity index (χ1n) is 13.8. The Bertz CT molecular complexity index is 1710. The molecule has 0 saturated carbocycles. The van der Waals surface area contributed by atoms with Crippen LogP contribution in [-0.2, 0) is 11.8 Å². The predicted octanol–water partition coefficient (Wildman–Crippen LogP) is 5.05. The summed E-state index contributed by atoms with van der Waals surface area (Å²) in [6, 6.07) is 7.42. The monoisotopic (exact) mass is 609 g/mol. The third kappa shape index (κ3) is 5.87. The lowest BCUT2D eigenvalue weighted by Crippen LogP contribution is -2.50.